The van der Waals surface area contributed by atoms with Crippen LogP contribution in [-0.2, 0) is 66.7 Å². The first-order chi connectivity index (χ1) is 55.8. The highest BCUT2D eigenvalue weighted by atomic mass is 16.6. The van der Waals surface area contributed by atoms with Crippen LogP contribution in [0.1, 0.15) is 312 Å². The molecule has 1 spiro atoms. The van der Waals surface area contributed by atoms with Gasteiger partial charge in [-0.1, -0.05) is 174 Å². The van der Waals surface area contributed by atoms with E-state index in [0.717, 1.165) is 246 Å². The normalized spacial score (nSPS) is 27.7. The number of aromatic hydroxyl groups is 1. The number of fused-ring (bicyclic) bond motifs is 7. The highest BCUT2D eigenvalue weighted by molar-refractivity contribution is 6.05. The average molecular weight is 1580 g/mol. The Morgan fingerprint density at radius 2 is 1.04 bits per heavy atom. The maximum atomic E-state index is 12.9. The lowest BCUT2D eigenvalue weighted by atomic mass is 9.44. The van der Waals surface area contributed by atoms with Gasteiger partial charge in [0, 0.05) is 56.7 Å². The number of carbonyl (C=O) groups excluding carboxylic acids is 8. The lowest BCUT2D eigenvalue weighted by Crippen LogP contribution is -2.65. The van der Waals surface area contributed by atoms with Crippen LogP contribution in [0.15, 0.2) is 176 Å². The van der Waals surface area contributed by atoms with Crippen LogP contribution in [0.5, 0.6) is 5.75 Å². The molecule has 10 atom stereocenters. The van der Waals surface area contributed by atoms with E-state index in [-0.39, 0.29) is 76.9 Å². The van der Waals surface area contributed by atoms with Crippen LogP contribution in [0.2, 0.25) is 0 Å². The van der Waals surface area contributed by atoms with Gasteiger partial charge in [0.05, 0.1) is 34.0 Å². The summed E-state index contributed by atoms with van der Waals surface area (Å²) in [5.74, 6) is 1.98. The topological polar surface area (TPSA) is 271 Å². The predicted molar refractivity (Wildman–Crippen MR) is 437 cm³/mol. The number of cyclic esters (lactones) is 7. The lowest BCUT2D eigenvalue weighted by molar-refractivity contribution is -0.197. The van der Waals surface area contributed by atoms with E-state index in [2.05, 4.69) is 66.7 Å². The molecule has 19 nitrogen and oxygen atoms in total. The number of hydrogen-bond acceptors (Lipinski definition) is 19. The van der Waals surface area contributed by atoms with Crippen molar-refractivity contribution in [3.8, 4) is 5.75 Å². The number of esters is 8. The minimum atomic E-state index is -1.09. The van der Waals surface area contributed by atoms with Crippen LogP contribution in [-0.4, -0.2) is 93.1 Å². The number of allylic oxidation sites excluding steroid dienone is 10. The summed E-state index contributed by atoms with van der Waals surface area (Å²) in [5, 5.41) is 28.7. The van der Waals surface area contributed by atoms with Crippen molar-refractivity contribution in [2.24, 2.45) is 23.7 Å². The number of hydrogen-bond donors (Lipinski definition) is 3. The van der Waals surface area contributed by atoms with Gasteiger partial charge < -0.3 is 53.2 Å². The van der Waals surface area contributed by atoms with Crippen molar-refractivity contribution in [2.75, 3.05) is 0 Å². The van der Waals surface area contributed by atoms with Crippen molar-refractivity contribution in [1.29, 1.82) is 0 Å². The molecule has 7 aliphatic carbocycles. The molecular weight excluding hydrogens is 1460 g/mol. The van der Waals surface area contributed by atoms with E-state index < -0.39 is 29.7 Å². The summed E-state index contributed by atoms with van der Waals surface area (Å²) in [5.41, 5.74) is 12.1. The van der Waals surface area contributed by atoms with Gasteiger partial charge >= 0.3 is 47.8 Å². The molecule has 2 aromatic carbocycles. The minimum Gasteiger partial charge on any atom is -0.507 e. The van der Waals surface area contributed by atoms with E-state index in [4.69, 9.17) is 37.9 Å². The molecule has 8 aliphatic heterocycles. The van der Waals surface area contributed by atoms with E-state index in [1.807, 2.05) is 67.6 Å². The first kappa shape index (κ1) is 86.7. The van der Waals surface area contributed by atoms with Gasteiger partial charge in [-0.05, 0) is 214 Å². The summed E-state index contributed by atoms with van der Waals surface area (Å²) in [7, 11) is 0. The van der Waals surface area contributed by atoms with Gasteiger partial charge in [0.2, 0.25) is 0 Å². The standard InChI is InChI=1S/C24H28O4.C12H16O4.C12H12O3.2C12H18O2.2C12H14O2/c1-3-5-11-19-16-13-12-14-17(8-4-2)24(21(14)20(16)23(26)27-19)18-10-7-6-9-15(18)22(25)28-24;1-2-3-4-9-7-5-6-8(13)11(14)10(7)12(15)16-9;1-2-3-7-10-8-5-4-6-9(13)11(8)12(14)15-10;4*1-2-3-8-11-9-6-4-5-7-10(9)12(13)14-11/h6,9,11,14,17,21H,3-5,7-8,10,12-13H2,1-2H3;4,8,11,13-14H,2-3,5-6H2,1H3;4-7,13H,2-3H2,1H3;11H,2-8H2,1H3;7,9,11H,2-6,8H2,1H3;5,7-8H,2-4,6H2,1H3;4-7,11H,2-3,8H2,1H3/b19-11-;9-4-;10-7-;;;11-8-;. The van der Waals surface area contributed by atoms with E-state index >= 15 is 0 Å². The Bertz CT molecular complexity index is 4380. The second-order valence-corrected chi connectivity index (χ2v) is 32.1. The van der Waals surface area contributed by atoms with Crippen molar-refractivity contribution in [2.45, 2.75) is 310 Å². The van der Waals surface area contributed by atoms with Crippen LogP contribution in [0.25, 0.3) is 5.76 Å². The van der Waals surface area contributed by atoms with E-state index in [9.17, 15) is 53.7 Å². The minimum absolute atomic E-state index is 0.00125. The number of phenols is 1. The van der Waals surface area contributed by atoms with Crippen molar-refractivity contribution in [3.05, 3.63) is 198 Å². The van der Waals surface area contributed by atoms with Gasteiger partial charge in [0.15, 0.2) is 0 Å². The van der Waals surface area contributed by atoms with Crippen molar-refractivity contribution >= 4 is 53.5 Å². The van der Waals surface area contributed by atoms with E-state index in [1.54, 1.807) is 12.1 Å². The summed E-state index contributed by atoms with van der Waals surface area (Å²) < 4.78 is 43.4. The van der Waals surface area contributed by atoms with Gasteiger partial charge in [0.25, 0.3) is 0 Å². The Hall–Kier alpha value is -9.20. The summed E-state index contributed by atoms with van der Waals surface area (Å²) in [6, 6.07) is 12.6. The number of aliphatic hydroxyl groups excluding tert-OH is 2. The first-order valence-corrected chi connectivity index (χ1v) is 43.3. The Kier molecular flexibility index (Phi) is 31.0. The van der Waals surface area contributed by atoms with Gasteiger partial charge in [-0.3, -0.25) is 0 Å². The maximum Gasteiger partial charge on any atom is 0.348 e. The third-order valence-corrected chi connectivity index (χ3v) is 24.3. The maximum absolute atomic E-state index is 12.9. The first-order valence-electron chi connectivity index (χ1n) is 43.3. The monoisotopic (exact) mass is 1580 g/mol. The highest BCUT2D eigenvalue weighted by Gasteiger charge is 2.72. The number of carbonyl (C=O) groups is 8. The Morgan fingerprint density at radius 3 is 1.73 bits per heavy atom. The number of ether oxygens (including phenoxy) is 8. The lowest BCUT2D eigenvalue weighted by Gasteiger charge is -2.61. The molecule has 2 aromatic rings. The highest BCUT2D eigenvalue weighted by Crippen LogP contribution is 2.68. The molecule has 1 saturated heterocycles. The second kappa shape index (κ2) is 41.1. The van der Waals surface area contributed by atoms with E-state index in [0.29, 0.717) is 47.7 Å². The third-order valence-electron chi connectivity index (χ3n) is 24.3. The zero-order chi connectivity index (χ0) is 81.9. The van der Waals surface area contributed by atoms with Crippen molar-refractivity contribution < 1.29 is 91.6 Å². The zero-order valence-electron chi connectivity index (χ0n) is 68.8. The summed E-state index contributed by atoms with van der Waals surface area (Å²) in [6.07, 6.45) is 50.5. The van der Waals surface area contributed by atoms with Crippen LogP contribution in [0, 0.1) is 23.7 Å². The molecule has 0 aromatic heterocycles. The summed E-state index contributed by atoms with van der Waals surface area (Å²) in [6.45, 7) is 17.0. The summed E-state index contributed by atoms with van der Waals surface area (Å²) in [4.78, 5) is 94.5. The fraction of sp³-hybridized carbons (Fsp3) is 0.542. The largest absolute Gasteiger partial charge is 0.507 e. The van der Waals surface area contributed by atoms with Gasteiger partial charge in [-0.15, -0.1) is 0 Å². The number of phenolic OH excluding ortho intramolecular Hbond substituents is 1. The molecule has 2 fully saturated rings. The fourth-order valence-electron chi connectivity index (χ4n) is 18.6. The Balaban J connectivity index is 0.000000135. The number of rotatable bonds is 19. The molecule has 8 heterocycles. The van der Waals surface area contributed by atoms with E-state index in [1.165, 1.54) is 43.7 Å². The fourth-order valence-corrected chi connectivity index (χ4v) is 18.6. The molecule has 17 rings (SSSR count). The molecule has 1 saturated carbocycles. The Labute approximate surface area is 678 Å². The molecule has 19 heteroatoms. The summed E-state index contributed by atoms with van der Waals surface area (Å²) >= 11 is 0. The van der Waals surface area contributed by atoms with Gasteiger partial charge in [-0.25, -0.2) is 38.4 Å². The zero-order valence-corrected chi connectivity index (χ0v) is 68.8. The number of unbranched alkanes of at least 4 members (excludes halogenated alkanes) is 7. The van der Waals surface area contributed by atoms with Crippen LogP contribution >= 0.6 is 0 Å². The van der Waals surface area contributed by atoms with Crippen LogP contribution in [0.4, 0.5) is 0 Å². The molecule has 10 unspecified atom stereocenters. The molecule has 0 bridgehead atoms. The van der Waals surface area contributed by atoms with Gasteiger partial charge in [0.1, 0.15) is 64.4 Å². The average Bonchev–Trinajstić information content (AvgIpc) is 1.55. The molecule has 618 valence electrons. The van der Waals surface area contributed by atoms with Crippen molar-refractivity contribution in [1.82, 2.24) is 0 Å². The smallest absolute Gasteiger partial charge is 0.348 e. The second-order valence-electron chi connectivity index (χ2n) is 32.1. The molecule has 0 amide bonds. The quantitative estimate of drug-likeness (QED) is 0.0871. The SMILES string of the molecule is CCC/C=C1\OC(=O)C2=C1CCC(O)C2O.CCC/C=C1\OC(=O)C2=C1CCC1C(CCC)C3(OC(=O)C4=C3CCC=C4)C21.CCC/C=C1\OC(=O)C2=C1CCC=C2.CCC/C=C1\OC(=O)c2c(O)cccc21.CCCCC1OC(=O)C2=C1CCCC2.CCCCC1OC(=O)C2=CCCCC21.CCCCC1OC(=O)c2ccccc21. The molecular formula is C96H120O19. The molecule has 15 aliphatic rings. The number of benzene rings is 2. The Morgan fingerprint density at radius 1 is 0.461 bits per heavy atom. The predicted octanol–water partition coefficient (Wildman–Crippen LogP) is 20.4. The molecule has 0 radical (unpaired) electrons. The van der Waals surface area contributed by atoms with Gasteiger partial charge in [-0.2, -0.15) is 0 Å². The molecule has 3 N–H and O–H groups in total. The molecule has 115 heavy (non-hydrogen) atoms. The van der Waals surface area contributed by atoms with Crippen LogP contribution < -0.4 is 0 Å². The number of aliphatic hydroxyl groups is 2. The van der Waals surface area contributed by atoms with Crippen LogP contribution in [0.3, 0.4) is 0 Å². The van der Waals surface area contributed by atoms with Crippen molar-refractivity contribution in [3.63, 3.8) is 0 Å². The third kappa shape index (κ3) is 19.3.